The second-order valence-electron chi connectivity index (χ2n) is 5.57. The fourth-order valence-corrected chi connectivity index (χ4v) is 2.99. The fraction of sp³-hybridized carbons (Fsp3) is 0.250. The monoisotopic (exact) mass is 328 g/mol. The standard InChI is InChI=1S/C16H16N4O2S/c1-10(2)9-20-14(21)8-7-12(19-20)15(22)18-16-17-11-5-3-4-6-13(11)23-16/h3-8,10H,9H2,1-2H3,(H,17,18,22). The molecule has 3 rings (SSSR count). The Hall–Kier alpha value is -2.54. The number of para-hydroxylation sites is 1. The molecule has 0 unspecified atom stereocenters. The lowest BCUT2D eigenvalue weighted by atomic mass is 10.2. The third-order valence-corrected chi connectivity index (χ3v) is 4.10. The van der Waals surface area contributed by atoms with Gasteiger partial charge in [-0.15, -0.1) is 0 Å². The van der Waals surface area contributed by atoms with Crippen molar-refractivity contribution in [3.05, 3.63) is 52.4 Å². The Bertz CT molecular complexity index is 881. The lowest BCUT2D eigenvalue weighted by Gasteiger charge is -2.08. The normalized spacial score (nSPS) is 11.1. The first-order valence-electron chi connectivity index (χ1n) is 7.28. The minimum absolute atomic E-state index is 0.199. The first kappa shape index (κ1) is 15.4. The van der Waals surface area contributed by atoms with Gasteiger partial charge < -0.3 is 0 Å². The maximum atomic E-state index is 12.3. The quantitative estimate of drug-likeness (QED) is 0.799. The largest absolute Gasteiger partial charge is 0.296 e. The number of amides is 1. The molecule has 23 heavy (non-hydrogen) atoms. The second-order valence-corrected chi connectivity index (χ2v) is 6.60. The third-order valence-electron chi connectivity index (χ3n) is 3.15. The molecule has 0 radical (unpaired) electrons. The predicted molar refractivity (Wildman–Crippen MR) is 90.9 cm³/mol. The number of anilines is 1. The van der Waals surface area contributed by atoms with Gasteiger partial charge in [0.05, 0.1) is 10.2 Å². The van der Waals surface area contributed by atoms with E-state index in [1.54, 1.807) is 0 Å². The number of thiazole rings is 1. The van der Waals surface area contributed by atoms with Crippen LogP contribution in [0.15, 0.2) is 41.2 Å². The summed E-state index contributed by atoms with van der Waals surface area (Å²) in [7, 11) is 0. The Morgan fingerprint density at radius 3 is 2.78 bits per heavy atom. The van der Waals surface area contributed by atoms with Gasteiger partial charge in [-0.05, 0) is 24.1 Å². The minimum atomic E-state index is -0.374. The van der Waals surface area contributed by atoms with Gasteiger partial charge in [-0.1, -0.05) is 37.3 Å². The molecule has 0 saturated heterocycles. The van der Waals surface area contributed by atoms with Crippen molar-refractivity contribution in [2.45, 2.75) is 20.4 Å². The van der Waals surface area contributed by atoms with Gasteiger partial charge in [0.1, 0.15) is 5.69 Å². The van der Waals surface area contributed by atoms with Crippen LogP contribution in [0.5, 0.6) is 0 Å². The van der Waals surface area contributed by atoms with Crippen LogP contribution in [0.1, 0.15) is 24.3 Å². The maximum absolute atomic E-state index is 12.3. The number of hydrogen-bond acceptors (Lipinski definition) is 5. The van der Waals surface area contributed by atoms with Gasteiger partial charge in [-0.3, -0.25) is 14.9 Å². The summed E-state index contributed by atoms with van der Waals surface area (Å²) in [5, 5.41) is 7.38. The predicted octanol–water partition coefficient (Wildman–Crippen LogP) is 2.76. The zero-order valence-electron chi connectivity index (χ0n) is 12.8. The molecule has 1 amide bonds. The van der Waals surface area contributed by atoms with Crippen LogP contribution < -0.4 is 10.9 Å². The average molecular weight is 328 g/mol. The van der Waals surface area contributed by atoms with Crippen molar-refractivity contribution in [3.63, 3.8) is 0 Å². The van der Waals surface area contributed by atoms with E-state index in [1.165, 1.54) is 28.2 Å². The summed E-state index contributed by atoms with van der Waals surface area (Å²) in [6, 6.07) is 10.5. The minimum Gasteiger partial charge on any atom is -0.296 e. The fourth-order valence-electron chi connectivity index (χ4n) is 2.13. The third kappa shape index (κ3) is 3.45. The number of fused-ring (bicyclic) bond motifs is 1. The Kier molecular flexibility index (Phi) is 4.20. The SMILES string of the molecule is CC(C)Cn1nc(C(=O)Nc2nc3ccccc3s2)ccc1=O. The molecule has 1 N–H and O–H groups in total. The van der Waals surface area contributed by atoms with Crippen LogP contribution in [0, 0.1) is 5.92 Å². The maximum Gasteiger partial charge on any atom is 0.277 e. The van der Waals surface area contributed by atoms with E-state index in [0.29, 0.717) is 11.7 Å². The van der Waals surface area contributed by atoms with Crippen LogP contribution in [0.4, 0.5) is 5.13 Å². The van der Waals surface area contributed by atoms with Crippen molar-refractivity contribution in [3.8, 4) is 0 Å². The van der Waals surface area contributed by atoms with Gasteiger partial charge in [0.25, 0.3) is 11.5 Å². The topological polar surface area (TPSA) is 76.9 Å². The molecule has 7 heteroatoms. The van der Waals surface area contributed by atoms with Crippen LogP contribution in [-0.2, 0) is 6.54 Å². The van der Waals surface area contributed by atoms with Gasteiger partial charge >= 0.3 is 0 Å². The molecule has 0 spiro atoms. The van der Waals surface area contributed by atoms with Crippen molar-refractivity contribution in [1.82, 2.24) is 14.8 Å². The molecule has 118 valence electrons. The molecule has 0 aliphatic heterocycles. The van der Waals surface area contributed by atoms with Crippen molar-refractivity contribution in [1.29, 1.82) is 0 Å². The van der Waals surface area contributed by atoms with E-state index < -0.39 is 0 Å². The Morgan fingerprint density at radius 2 is 2.04 bits per heavy atom. The van der Waals surface area contributed by atoms with Crippen LogP contribution in [0.2, 0.25) is 0 Å². The highest BCUT2D eigenvalue weighted by Crippen LogP contribution is 2.25. The summed E-state index contributed by atoms with van der Waals surface area (Å²) in [5.41, 5.74) is 0.824. The lowest BCUT2D eigenvalue weighted by Crippen LogP contribution is -2.27. The molecule has 6 nitrogen and oxygen atoms in total. The molecule has 1 aromatic carbocycles. The van der Waals surface area contributed by atoms with E-state index in [9.17, 15) is 9.59 Å². The Morgan fingerprint density at radius 1 is 1.26 bits per heavy atom. The van der Waals surface area contributed by atoms with Crippen molar-refractivity contribution in [2.75, 3.05) is 5.32 Å². The molecule has 3 aromatic rings. The lowest BCUT2D eigenvalue weighted by molar-refractivity contribution is 0.101. The van der Waals surface area contributed by atoms with Crippen LogP contribution in [-0.4, -0.2) is 20.7 Å². The highest BCUT2D eigenvalue weighted by Gasteiger charge is 2.13. The molecule has 0 fully saturated rings. The number of benzene rings is 1. The number of carbonyl (C=O) groups excluding carboxylic acids is 1. The summed E-state index contributed by atoms with van der Waals surface area (Å²) in [5.74, 6) is -0.107. The molecule has 0 aliphatic carbocycles. The highest BCUT2D eigenvalue weighted by atomic mass is 32.1. The van der Waals surface area contributed by atoms with E-state index in [4.69, 9.17) is 0 Å². The van der Waals surface area contributed by atoms with Crippen molar-refractivity contribution >= 4 is 32.6 Å². The summed E-state index contributed by atoms with van der Waals surface area (Å²) in [6.45, 7) is 4.45. The summed E-state index contributed by atoms with van der Waals surface area (Å²) < 4.78 is 2.32. The van der Waals surface area contributed by atoms with E-state index >= 15 is 0 Å². The smallest absolute Gasteiger partial charge is 0.277 e. The van der Waals surface area contributed by atoms with E-state index in [0.717, 1.165) is 10.2 Å². The summed E-state index contributed by atoms with van der Waals surface area (Å²) >= 11 is 1.40. The number of aromatic nitrogens is 3. The molecular weight excluding hydrogens is 312 g/mol. The molecule has 0 bridgehead atoms. The molecule has 0 aliphatic rings. The zero-order chi connectivity index (χ0) is 16.4. The van der Waals surface area contributed by atoms with E-state index in [1.807, 2.05) is 38.1 Å². The van der Waals surface area contributed by atoms with Crippen molar-refractivity contribution < 1.29 is 4.79 Å². The van der Waals surface area contributed by atoms with Gasteiger partial charge in [0, 0.05) is 12.6 Å². The van der Waals surface area contributed by atoms with Crippen LogP contribution in [0.3, 0.4) is 0 Å². The Labute approximate surface area is 136 Å². The van der Waals surface area contributed by atoms with Crippen LogP contribution in [0.25, 0.3) is 10.2 Å². The number of nitrogens with one attached hydrogen (secondary N) is 1. The van der Waals surface area contributed by atoms with Gasteiger partial charge in [-0.25, -0.2) is 9.67 Å². The number of carbonyl (C=O) groups is 1. The van der Waals surface area contributed by atoms with E-state index in [2.05, 4.69) is 15.4 Å². The molecule has 0 atom stereocenters. The second kappa shape index (κ2) is 6.29. The first-order chi connectivity index (χ1) is 11.0. The molecule has 2 aromatic heterocycles. The molecular formula is C16H16N4O2S. The van der Waals surface area contributed by atoms with Gasteiger partial charge in [-0.2, -0.15) is 5.10 Å². The molecule has 0 saturated carbocycles. The zero-order valence-corrected chi connectivity index (χ0v) is 13.6. The highest BCUT2D eigenvalue weighted by molar-refractivity contribution is 7.22. The summed E-state index contributed by atoms with van der Waals surface area (Å²) in [4.78, 5) is 28.4. The number of rotatable bonds is 4. The van der Waals surface area contributed by atoms with E-state index in [-0.39, 0.29) is 23.1 Å². The molecule has 2 heterocycles. The van der Waals surface area contributed by atoms with Crippen LogP contribution >= 0.6 is 11.3 Å². The summed E-state index contributed by atoms with van der Waals surface area (Å²) in [6.07, 6.45) is 0. The number of hydrogen-bond donors (Lipinski definition) is 1. The Balaban J connectivity index is 1.84. The number of nitrogens with zero attached hydrogens (tertiary/aromatic N) is 3. The van der Waals surface area contributed by atoms with Gasteiger partial charge in [0.15, 0.2) is 5.13 Å². The first-order valence-corrected chi connectivity index (χ1v) is 8.09. The van der Waals surface area contributed by atoms with Gasteiger partial charge in [0.2, 0.25) is 0 Å². The van der Waals surface area contributed by atoms with Crippen molar-refractivity contribution in [2.24, 2.45) is 5.92 Å². The average Bonchev–Trinajstić information content (AvgIpc) is 2.91.